The van der Waals surface area contributed by atoms with E-state index in [2.05, 4.69) is 5.32 Å². The Kier molecular flexibility index (Phi) is 5.88. The van der Waals surface area contributed by atoms with Gasteiger partial charge in [0.25, 0.3) is 5.69 Å². The molecule has 1 aliphatic rings. The predicted molar refractivity (Wildman–Crippen MR) is 103 cm³/mol. The molecule has 1 fully saturated rings. The summed E-state index contributed by atoms with van der Waals surface area (Å²) < 4.78 is 5.40. The first kappa shape index (κ1) is 19.3. The lowest BCUT2D eigenvalue weighted by atomic mass is 10.1. The van der Waals surface area contributed by atoms with Crippen LogP contribution in [-0.2, 0) is 16.0 Å². The van der Waals surface area contributed by atoms with Crippen molar-refractivity contribution in [3.8, 4) is 5.75 Å². The molecule has 8 nitrogen and oxygen atoms in total. The molecule has 1 saturated heterocycles. The standard InChI is InChI=1S/C20H21N3O5/c1-2-28-18-9-7-16(8-10-18)22-13-15(12-20(22)25)21-19(24)11-14-3-5-17(6-4-14)23(26)27/h3-10,15H,2,11-13H2,1H3,(H,21,24)/t15-/m0/s1. The summed E-state index contributed by atoms with van der Waals surface area (Å²) in [6.45, 7) is 2.88. The van der Waals surface area contributed by atoms with Crippen LogP contribution in [0.1, 0.15) is 18.9 Å². The predicted octanol–water partition coefficient (Wildman–Crippen LogP) is 2.46. The van der Waals surface area contributed by atoms with Crippen molar-refractivity contribution in [3.63, 3.8) is 0 Å². The molecule has 1 atom stereocenters. The maximum atomic E-state index is 12.3. The molecule has 0 aliphatic carbocycles. The van der Waals surface area contributed by atoms with E-state index >= 15 is 0 Å². The lowest BCUT2D eigenvalue weighted by Gasteiger charge is -2.17. The Bertz CT molecular complexity index is 864. The molecule has 1 N–H and O–H groups in total. The van der Waals surface area contributed by atoms with E-state index in [1.54, 1.807) is 17.0 Å². The van der Waals surface area contributed by atoms with Crippen LogP contribution in [0.4, 0.5) is 11.4 Å². The Hall–Kier alpha value is -3.42. The molecule has 0 radical (unpaired) electrons. The Morgan fingerprint density at radius 3 is 2.50 bits per heavy atom. The first-order chi connectivity index (χ1) is 13.5. The van der Waals surface area contributed by atoms with Crippen molar-refractivity contribution in [2.24, 2.45) is 0 Å². The second kappa shape index (κ2) is 8.51. The Morgan fingerprint density at radius 2 is 1.89 bits per heavy atom. The van der Waals surface area contributed by atoms with E-state index in [4.69, 9.17) is 4.74 Å². The summed E-state index contributed by atoms with van der Waals surface area (Å²) in [5, 5.41) is 13.5. The molecule has 2 aromatic rings. The van der Waals surface area contributed by atoms with Crippen LogP contribution in [0.5, 0.6) is 5.75 Å². The highest BCUT2D eigenvalue weighted by molar-refractivity contribution is 5.97. The average Bonchev–Trinajstić information content (AvgIpc) is 3.03. The van der Waals surface area contributed by atoms with Crippen LogP contribution in [0.2, 0.25) is 0 Å². The Morgan fingerprint density at radius 1 is 1.21 bits per heavy atom. The molecule has 0 aromatic heterocycles. The number of hydrogen-bond acceptors (Lipinski definition) is 5. The third-order valence-electron chi connectivity index (χ3n) is 4.46. The topological polar surface area (TPSA) is 102 Å². The van der Waals surface area contributed by atoms with Crippen LogP contribution in [-0.4, -0.2) is 35.9 Å². The molecule has 0 saturated carbocycles. The molecular formula is C20H21N3O5. The minimum Gasteiger partial charge on any atom is -0.494 e. The number of amides is 2. The number of hydrogen-bond donors (Lipinski definition) is 1. The van der Waals surface area contributed by atoms with E-state index in [-0.39, 0.29) is 36.4 Å². The molecule has 28 heavy (non-hydrogen) atoms. The van der Waals surface area contributed by atoms with Crippen LogP contribution in [0.15, 0.2) is 48.5 Å². The Labute approximate surface area is 162 Å². The first-order valence-electron chi connectivity index (χ1n) is 9.02. The van der Waals surface area contributed by atoms with Crippen molar-refractivity contribution in [1.29, 1.82) is 0 Å². The summed E-state index contributed by atoms with van der Waals surface area (Å²) >= 11 is 0. The number of non-ortho nitro benzene ring substituents is 1. The molecule has 146 valence electrons. The van der Waals surface area contributed by atoms with Crippen LogP contribution >= 0.6 is 0 Å². The second-order valence-electron chi connectivity index (χ2n) is 6.50. The van der Waals surface area contributed by atoms with E-state index in [1.165, 1.54) is 12.1 Å². The molecule has 0 bridgehead atoms. The van der Waals surface area contributed by atoms with Gasteiger partial charge in [-0.2, -0.15) is 0 Å². The minimum atomic E-state index is -0.483. The maximum absolute atomic E-state index is 12.3. The molecule has 3 rings (SSSR count). The van der Waals surface area contributed by atoms with Crippen LogP contribution in [0.25, 0.3) is 0 Å². The van der Waals surface area contributed by atoms with Gasteiger partial charge in [-0.25, -0.2) is 0 Å². The van der Waals surface area contributed by atoms with E-state index in [0.717, 1.165) is 11.4 Å². The van der Waals surface area contributed by atoms with Crippen molar-refractivity contribution in [2.45, 2.75) is 25.8 Å². The normalized spacial score (nSPS) is 16.1. The molecule has 0 unspecified atom stereocenters. The molecule has 0 spiro atoms. The molecule has 1 aliphatic heterocycles. The zero-order valence-corrected chi connectivity index (χ0v) is 15.5. The van der Waals surface area contributed by atoms with Gasteiger partial charge in [0.15, 0.2) is 0 Å². The molecule has 8 heteroatoms. The SMILES string of the molecule is CCOc1ccc(N2C[C@@H](NC(=O)Cc3ccc([N+](=O)[O-])cc3)CC2=O)cc1. The smallest absolute Gasteiger partial charge is 0.269 e. The number of nitrogens with zero attached hydrogens (tertiary/aromatic N) is 2. The maximum Gasteiger partial charge on any atom is 0.269 e. The largest absolute Gasteiger partial charge is 0.494 e. The third kappa shape index (κ3) is 4.64. The summed E-state index contributed by atoms with van der Waals surface area (Å²) in [7, 11) is 0. The van der Waals surface area contributed by atoms with Gasteiger partial charge in [0.1, 0.15) is 5.75 Å². The van der Waals surface area contributed by atoms with Gasteiger partial charge in [-0.1, -0.05) is 12.1 Å². The summed E-state index contributed by atoms with van der Waals surface area (Å²) in [6.07, 6.45) is 0.338. The summed E-state index contributed by atoms with van der Waals surface area (Å²) in [5.41, 5.74) is 1.42. The lowest BCUT2D eigenvalue weighted by Crippen LogP contribution is -2.38. The fourth-order valence-electron chi connectivity index (χ4n) is 3.14. The summed E-state index contributed by atoms with van der Waals surface area (Å²) in [4.78, 5) is 36.4. The zero-order valence-electron chi connectivity index (χ0n) is 15.5. The molecule has 1 heterocycles. The van der Waals surface area contributed by atoms with E-state index < -0.39 is 4.92 Å². The van der Waals surface area contributed by atoms with Gasteiger partial charge in [-0.05, 0) is 36.8 Å². The number of nitro groups is 1. The highest BCUT2D eigenvalue weighted by Crippen LogP contribution is 2.24. The van der Waals surface area contributed by atoms with Gasteiger partial charge in [0.2, 0.25) is 11.8 Å². The lowest BCUT2D eigenvalue weighted by molar-refractivity contribution is -0.384. The molecule has 2 aromatic carbocycles. The average molecular weight is 383 g/mol. The first-order valence-corrected chi connectivity index (χ1v) is 9.02. The fraction of sp³-hybridized carbons (Fsp3) is 0.300. The number of anilines is 1. The third-order valence-corrected chi connectivity index (χ3v) is 4.46. The van der Waals surface area contributed by atoms with Crippen LogP contribution in [0.3, 0.4) is 0 Å². The number of carbonyl (C=O) groups is 2. The van der Waals surface area contributed by atoms with Gasteiger partial charge in [-0.3, -0.25) is 19.7 Å². The highest BCUT2D eigenvalue weighted by Gasteiger charge is 2.31. The zero-order chi connectivity index (χ0) is 20.1. The van der Waals surface area contributed by atoms with Gasteiger partial charge >= 0.3 is 0 Å². The van der Waals surface area contributed by atoms with E-state index in [1.807, 2.05) is 31.2 Å². The number of nitro benzene ring substituents is 1. The molecular weight excluding hydrogens is 362 g/mol. The van der Waals surface area contributed by atoms with E-state index in [9.17, 15) is 19.7 Å². The Balaban J connectivity index is 1.56. The summed E-state index contributed by atoms with van der Waals surface area (Å²) in [6, 6.07) is 12.9. The van der Waals surface area contributed by atoms with E-state index in [0.29, 0.717) is 18.7 Å². The van der Waals surface area contributed by atoms with Crippen LogP contribution < -0.4 is 15.0 Å². The minimum absolute atomic E-state index is 0.0171. The monoisotopic (exact) mass is 383 g/mol. The molecule has 2 amide bonds. The van der Waals surface area contributed by atoms with Gasteiger partial charge < -0.3 is 15.0 Å². The van der Waals surface area contributed by atoms with Crippen molar-refractivity contribution >= 4 is 23.2 Å². The second-order valence-corrected chi connectivity index (χ2v) is 6.50. The van der Waals surface area contributed by atoms with Gasteiger partial charge in [0, 0.05) is 30.8 Å². The number of carbonyl (C=O) groups excluding carboxylic acids is 2. The number of benzene rings is 2. The summed E-state index contributed by atoms with van der Waals surface area (Å²) in [5.74, 6) is 0.468. The van der Waals surface area contributed by atoms with Gasteiger partial charge in [-0.15, -0.1) is 0 Å². The van der Waals surface area contributed by atoms with Crippen molar-refractivity contribution in [1.82, 2.24) is 5.32 Å². The number of rotatable bonds is 7. The number of nitrogens with one attached hydrogen (secondary N) is 1. The van der Waals surface area contributed by atoms with Crippen molar-refractivity contribution < 1.29 is 19.2 Å². The quantitative estimate of drug-likeness (QED) is 0.584. The number of ether oxygens (including phenoxy) is 1. The van der Waals surface area contributed by atoms with Crippen LogP contribution in [0, 0.1) is 10.1 Å². The van der Waals surface area contributed by atoms with Crippen molar-refractivity contribution in [2.75, 3.05) is 18.1 Å². The fourth-order valence-corrected chi connectivity index (χ4v) is 3.14. The van der Waals surface area contributed by atoms with Crippen molar-refractivity contribution in [3.05, 3.63) is 64.2 Å². The van der Waals surface area contributed by atoms with Gasteiger partial charge in [0.05, 0.1) is 24.0 Å². The highest BCUT2D eigenvalue weighted by atomic mass is 16.6.